The Hall–Kier alpha value is -1.66. The molecule has 0 aromatic heterocycles. The minimum atomic E-state index is -0.728. The number of amides is 1. The molecular formula is C17H22ClFN2O3. The molecule has 1 aromatic carbocycles. The Morgan fingerprint density at radius 2 is 2.04 bits per heavy atom. The third-order valence-corrected chi connectivity index (χ3v) is 5.14. The summed E-state index contributed by atoms with van der Waals surface area (Å²) >= 11 is 0. The lowest BCUT2D eigenvalue weighted by Gasteiger charge is -2.23. The van der Waals surface area contributed by atoms with E-state index in [9.17, 15) is 19.1 Å². The summed E-state index contributed by atoms with van der Waals surface area (Å²) in [6.45, 7) is 1.69. The lowest BCUT2D eigenvalue weighted by molar-refractivity contribution is -0.149. The highest BCUT2D eigenvalue weighted by molar-refractivity contribution is 5.85. The molecule has 7 heteroatoms. The van der Waals surface area contributed by atoms with Crippen molar-refractivity contribution in [1.29, 1.82) is 0 Å². The average molecular weight is 357 g/mol. The maximum Gasteiger partial charge on any atom is 0.311 e. The number of carbonyl (C=O) groups is 2. The number of carbonyl (C=O) groups excluding carboxylic acids is 1. The van der Waals surface area contributed by atoms with Crippen molar-refractivity contribution in [2.24, 2.45) is 11.3 Å². The molecule has 24 heavy (non-hydrogen) atoms. The highest BCUT2D eigenvalue weighted by Gasteiger charge is 2.54. The van der Waals surface area contributed by atoms with E-state index in [2.05, 4.69) is 5.32 Å². The third kappa shape index (κ3) is 3.70. The van der Waals surface area contributed by atoms with Crippen LogP contribution in [-0.2, 0) is 16.1 Å². The van der Waals surface area contributed by atoms with Gasteiger partial charge in [-0.1, -0.05) is 18.6 Å². The Balaban J connectivity index is 0.00000208. The van der Waals surface area contributed by atoms with Gasteiger partial charge in [0.2, 0.25) is 5.91 Å². The van der Waals surface area contributed by atoms with Gasteiger partial charge < -0.3 is 10.4 Å². The van der Waals surface area contributed by atoms with Crippen LogP contribution in [0.4, 0.5) is 4.39 Å². The minimum absolute atomic E-state index is 0. The summed E-state index contributed by atoms with van der Waals surface area (Å²) in [6, 6.07) is 5.99. The van der Waals surface area contributed by atoms with Gasteiger partial charge in [0.05, 0.1) is 12.0 Å². The molecule has 1 saturated heterocycles. The summed E-state index contributed by atoms with van der Waals surface area (Å²) < 4.78 is 12.8. The standard InChI is InChI=1S/C17H21FN2O3.ClH/c18-14-5-3-12(4-6-14)8-19-15(21)10-20-9-13-2-1-7-17(13,11-20)16(22)23;/h3-6,13H,1-2,7-11H2,(H,19,21)(H,22,23);1H/t13-,17+;/m0./s1. The molecule has 3 rings (SSSR count). The number of nitrogens with zero attached hydrogens (tertiary/aromatic N) is 1. The molecule has 2 atom stereocenters. The fraction of sp³-hybridized carbons (Fsp3) is 0.529. The van der Waals surface area contributed by atoms with Crippen LogP contribution < -0.4 is 5.32 Å². The molecule has 1 amide bonds. The number of likely N-dealkylation sites (tertiary alicyclic amines) is 1. The number of fused-ring (bicyclic) bond motifs is 1. The molecule has 132 valence electrons. The van der Waals surface area contributed by atoms with Crippen LogP contribution in [0, 0.1) is 17.2 Å². The molecule has 2 aliphatic rings. The van der Waals surface area contributed by atoms with E-state index in [0.717, 1.165) is 18.4 Å². The summed E-state index contributed by atoms with van der Waals surface area (Å²) in [7, 11) is 0. The molecule has 0 spiro atoms. The van der Waals surface area contributed by atoms with Crippen molar-refractivity contribution in [3.05, 3.63) is 35.6 Å². The van der Waals surface area contributed by atoms with Crippen LogP contribution in [-0.4, -0.2) is 41.5 Å². The van der Waals surface area contributed by atoms with Gasteiger partial charge in [0.15, 0.2) is 0 Å². The van der Waals surface area contributed by atoms with Crippen molar-refractivity contribution >= 4 is 24.3 Å². The Bertz CT molecular complexity index is 610. The van der Waals surface area contributed by atoms with E-state index in [4.69, 9.17) is 0 Å². The van der Waals surface area contributed by atoms with E-state index in [1.807, 2.05) is 4.90 Å². The van der Waals surface area contributed by atoms with Crippen molar-refractivity contribution in [1.82, 2.24) is 10.2 Å². The molecule has 0 unspecified atom stereocenters. The van der Waals surface area contributed by atoms with E-state index < -0.39 is 11.4 Å². The zero-order valence-electron chi connectivity index (χ0n) is 13.3. The van der Waals surface area contributed by atoms with E-state index in [-0.39, 0.29) is 36.6 Å². The predicted molar refractivity (Wildman–Crippen MR) is 89.3 cm³/mol. The number of hydrogen-bond donors (Lipinski definition) is 2. The first-order chi connectivity index (χ1) is 11.0. The molecular weight excluding hydrogens is 335 g/mol. The second kappa shape index (κ2) is 7.49. The van der Waals surface area contributed by atoms with Crippen molar-refractivity contribution < 1.29 is 19.1 Å². The Kier molecular flexibility index (Phi) is 5.83. The second-order valence-corrected chi connectivity index (χ2v) is 6.62. The molecule has 2 N–H and O–H groups in total. The molecule has 1 aromatic rings. The van der Waals surface area contributed by atoms with Crippen LogP contribution >= 0.6 is 12.4 Å². The first-order valence-corrected chi connectivity index (χ1v) is 7.96. The van der Waals surface area contributed by atoms with Gasteiger partial charge in [-0.25, -0.2) is 4.39 Å². The molecule has 1 saturated carbocycles. The Morgan fingerprint density at radius 1 is 1.33 bits per heavy atom. The fourth-order valence-corrected chi connectivity index (χ4v) is 3.93. The topological polar surface area (TPSA) is 69.6 Å². The van der Waals surface area contributed by atoms with E-state index >= 15 is 0 Å². The number of carboxylic acid groups (broad SMARTS) is 1. The van der Waals surface area contributed by atoms with Crippen molar-refractivity contribution in [2.45, 2.75) is 25.8 Å². The predicted octanol–water partition coefficient (Wildman–Crippen LogP) is 2.05. The molecule has 5 nitrogen and oxygen atoms in total. The zero-order valence-corrected chi connectivity index (χ0v) is 14.2. The zero-order chi connectivity index (χ0) is 16.4. The number of benzene rings is 1. The maximum absolute atomic E-state index is 12.8. The number of nitrogens with one attached hydrogen (secondary N) is 1. The molecule has 0 radical (unpaired) electrons. The minimum Gasteiger partial charge on any atom is -0.481 e. The van der Waals surface area contributed by atoms with Gasteiger partial charge in [0, 0.05) is 19.6 Å². The van der Waals surface area contributed by atoms with Gasteiger partial charge in [-0.15, -0.1) is 12.4 Å². The van der Waals surface area contributed by atoms with Crippen molar-refractivity contribution in [3.63, 3.8) is 0 Å². The highest BCUT2D eigenvalue weighted by Crippen LogP contribution is 2.48. The number of halogens is 2. The Labute approximate surface area is 146 Å². The summed E-state index contributed by atoms with van der Waals surface area (Å²) in [6.07, 6.45) is 2.60. The van der Waals surface area contributed by atoms with Crippen LogP contribution in [0.3, 0.4) is 0 Å². The monoisotopic (exact) mass is 356 g/mol. The fourth-order valence-electron chi connectivity index (χ4n) is 3.93. The maximum atomic E-state index is 12.8. The third-order valence-electron chi connectivity index (χ3n) is 5.14. The number of rotatable bonds is 5. The molecule has 0 bridgehead atoms. The van der Waals surface area contributed by atoms with E-state index in [0.29, 0.717) is 26.1 Å². The van der Waals surface area contributed by atoms with Gasteiger partial charge in [0.1, 0.15) is 5.82 Å². The second-order valence-electron chi connectivity index (χ2n) is 6.62. The van der Waals surface area contributed by atoms with Crippen molar-refractivity contribution in [2.75, 3.05) is 19.6 Å². The normalized spacial score (nSPS) is 25.8. The number of aliphatic carboxylic acids is 1. The number of hydrogen-bond acceptors (Lipinski definition) is 3. The largest absolute Gasteiger partial charge is 0.481 e. The first-order valence-electron chi connectivity index (χ1n) is 7.96. The lowest BCUT2D eigenvalue weighted by Crippen LogP contribution is -2.39. The Morgan fingerprint density at radius 3 is 2.67 bits per heavy atom. The van der Waals surface area contributed by atoms with E-state index in [1.165, 1.54) is 12.1 Å². The average Bonchev–Trinajstić information content (AvgIpc) is 3.04. The van der Waals surface area contributed by atoms with Crippen molar-refractivity contribution in [3.8, 4) is 0 Å². The molecule has 2 fully saturated rings. The lowest BCUT2D eigenvalue weighted by atomic mass is 9.81. The van der Waals surface area contributed by atoms with Crippen LogP contribution in [0.1, 0.15) is 24.8 Å². The van der Waals surface area contributed by atoms with Gasteiger partial charge in [-0.05, 0) is 36.5 Å². The highest BCUT2D eigenvalue weighted by atomic mass is 35.5. The van der Waals surface area contributed by atoms with Crippen LogP contribution in [0.2, 0.25) is 0 Å². The van der Waals surface area contributed by atoms with Gasteiger partial charge >= 0.3 is 5.97 Å². The number of carboxylic acids is 1. The summed E-state index contributed by atoms with van der Waals surface area (Å²) in [5.41, 5.74) is 0.178. The SMILES string of the molecule is Cl.O=C(CN1C[C@@H]2CCC[C@@]2(C(=O)O)C1)NCc1ccc(F)cc1. The van der Waals surface area contributed by atoms with Gasteiger partial charge in [-0.3, -0.25) is 14.5 Å². The summed E-state index contributed by atoms with van der Waals surface area (Å²) in [5.74, 6) is -1.00. The molecule has 1 aliphatic heterocycles. The van der Waals surface area contributed by atoms with Crippen LogP contribution in [0.25, 0.3) is 0 Å². The molecule has 1 aliphatic carbocycles. The van der Waals surface area contributed by atoms with Gasteiger partial charge in [0.25, 0.3) is 0 Å². The van der Waals surface area contributed by atoms with Crippen LogP contribution in [0.5, 0.6) is 0 Å². The molecule has 1 heterocycles. The smallest absolute Gasteiger partial charge is 0.311 e. The van der Waals surface area contributed by atoms with Gasteiger partial charge in [-0.2, -0.15) is 0 Å². The van der Waals surface area contributed by atoms with E-state index in [1.54, 1.807) is 12.1 Å². The van der Waals surface area contributed by atoms with Crippen LogP contribution in [0.15, 0.2) is 24.3 Å². The summed E-state index contributed by atoms with van der Waals surface area (Å²) in [4.78, 5) is 25.6. The first kappa shape index (κ1) is 18.7. The summed E-state index contributed by atoms with van der Waals surface area (Å²) in [5, 5.41) is 12.3. The quantitative estimate of drug-likeness (QED) is 0.847.